The van der Waals surface area contributed by atoms with Crippen molar-refractivity contribution in [2.45, 2.75) is 195 Å². The van der Waals surface area contributed by atoms with Crippen LogP contribution in [0.15, 0.2) is 65.7 Å². The number of esters is 2. The number of aliphatic hydroxyl groups excluding tert-OH is 2. The lowest BCUT2D eigenvalue weighted by molar-refractivity contribution is -0.525. The third-order valence-electron chi connectivity index (χ3n) is 12.9. The molecule has 0 saturated heterocycles. The van der Waals surface area contributed by atoms with Crippen LogP contribution in [0.3, 0.4) is 0 Å². The number of nitro groups is 1. The molecule has 0 fully saturated rings. The molecule has 0 aromatic heterocycles. The van der Waals surface area contributed by atoms with Crippen molar-refractivity contribution in [3.8, 4) is 0 Å². The molecule has 12 N–H and O–H groups in total. The Kier molecular flexibility index (Phi) is 32.3. The van der Waals surface area contributed by atoms with E-state index in [9.17, 15) is 63.5 Å². The minimum absolute atomic E-state index is 0.0463. The molecule has 0 aliphatic carbocycles. The fourth-order valence-corrected chi connectivity index (χ4v) is 8.57. The van der Waals surface area contributed by atoms with Gasteiger partial charge in [0.15, 0.2) is 5.03 Å². The molecule has 0 heterocycles. The number of nitrogens with two attached hydrogens (primary N) is 1. The first-order chi connectivity index (χ1) is 39.4. The van der Waals surface area contributed by atoms with Crippen LogP contribution in [-0.2, 0) is 65.8 Å². The van der Waals surface area contributed by atoms with Gasteiger partial charge < -0.3 is 62.6 Å². The smallest absolute Gasteiger partial charge is 0.328 e. The molecule has 0 spiro atoms. The first-order valence-corrected chi connectivity index (χ1v) is 28.5. The van der Waals surface area contributed by atoms with Crippen molar-refractivity contribution in [2.24, 2.45) is 40.3 Å². The normalized spacial score (nSPS) is 14.8. The van der Waals surface area contributed by atoms with Crippen LogP contribution in [0.5, 0.6) is 0 Å². The van der Waals surface area contributed by atoms with Crippen molar-refractivity contribution in [1.29, 1.82) is 0 Å². The maximum atomic E-state index is 14.1. The van der Waals surface area contributed by atoms with E-state index in [1.807, 2.05) is 27.7 Å². The molecule has 0 aliphatic rings. The van der Waals surface area contributed by atoms with E-state index in [4.69, 9.17) is 15.2 Å². The summed E-state index contributed by atoms with van der Waals surface area (Å²) in [5.74, 6) is -8.19. The SMILES string of the molecule is CC(C)CC(=O)N[C@H](C(=O)N[C@H](C(=O)NC(CC(C)C)C(O)CC(=O)NC(C)C(=O)NC(CC(C)C)C(O)CC(=O)N[C@@H](CC(=O)OCc1ccccc1)C(=O)N[C@@H](CCCN=C(N)N[N+](=O)[O-])C(=O)OCc1ccccc1)C(C)C)C(C)C. The van der Waals surface area contributed by atoms with Crippen LogP contribution < -0.4 is 48.4 Å². The molecular formula is C58H91N11O15. The molecule has 26 nitrogen and oxygen atoms in total. The summed E-state index contributed by atoms with van der Waals surface area (Å²) >= 11 is 0. The Balaban J connectivity index is 2.26. The highest BCUT2D eigenvalue weighted by atomic mass is 16.7. The van der Waals surface area contributed by atoms with E-state index < -0.39 is 138 Å². The van der Waals surface area contributed by atoms with E-state index in [0.29, 0.717) is 11.1 Å². The summed E-state index contributed by atoms with van der Waals surface area (Å²) in [5, 5.41) is 51.3. The molecule has 9 atom stereocenters. The number of hydrogen-bond acceptors (Lipinski definition) is 16. The van der Waals surface area contributed by atoms with Crippen LogP contribution in [0, 0.1) is 39.7 Å². The summed E-state index contributed by atoms with van der Waals surface area (Å²) in [4.78, 5) is 136. The first kappa shape index (κ1) is 72.4. The van der Waals surface area contributed by atoms with Crippen LogP contribution in [0.4, 0.5) is 0 Å². The standard InChI is InChI=1S/C58H91N11O15/c1-33(2)25-42(64-53(76)38(11)61-48(73)29-45(70)43(26-34(3)4)65-55(78)52(37(9)10)67-56(79)51(36(7)8)66-47(72)27-35(5)6)46(71)30-49(74)62-44(28-50(75)83-31-39-19-14-12-15-20-39)54(77)63-41(23-18-24-60-58(59)68-69(81)82)57(80)84-32-40-21-16-13-17-22-40/h12-17,19-22,33-38,41-46,51-52,70-71H,18,23-32H2,1-11H3,(H,61,73)(H,62,74)(H,63,77)(H,64,76)(H,65,78)(H,66,72)(H,67,79)(H3,59,60,68)/t38?,41-,42?,43?,44-,45?,46?,51-,52-/m0/s1. The van der Waals surface area contributed by atoms with Gasteiger partial charge in [0.2, 0.25) is 41.4 Å². The van der Waals surface area contributed by atoms with Gasteiger partial charge >= 0.3 is 11.9 Å². The fourth-order valence-electron chi connectivity index (χ4n) is 8.57. The predicted octanol–water partition coefficient (Wildman–Crippen LogP) is 2.11. The molecular weight excluding hydrogens is 1090 g/mol. The number of carbonyl (C=O) groups excluding carboxylic acids is 9. The van der Waals surface area contributed by atoms with Crippen molar-refractivity contribution in [3.63, 3.8) is 0 Å². The second-order valence-electron chi connectivity index (χ2n) is 22.8. The van der Waals surface area contributed by atoms with Gasteiger partial charge in [-0.15, -0.1) is 0 Å². The van der Waals surface area contributed by atoms with Gasteiger partial charge in [-0.05, 0) is 73.3 Å². The molecule has 2 rings (SSSR count). The van der Waals surface area contributed by atoms with Gasteiger partial charge in [0.1, 0.15) is 43.4 Å². The summed E-state index contributed by atoms with van der Waals surface area (Å²) in [6.07, 6.45) is -4.59. The lowest BCUT2D eigenvalue weighted by Gasteiger charge is -2.31. The number of ether oxygens (including phenoxy) is 2. The van der Waals surface area contributed by atoms with Crippen molar-refractivity contribution in [1.82, 2.24) is 42.6 Å². The number of aliphatic imine (C=N–C) groups is 1. The Hall–Kier alpha value is -7.74. The maximum Gasteiger partial charge on any atom is 0.328 e. The summed E-state index contributed by atoms with van der Waals surface area (Å²) in [6, 6.07) is 8.85. The topological polar surface area (TPSA) is 390 Å². The highest BCUT2D eigenvalue weighted by molar-refractivity contribution is 5.94. The number of benzene rings is 2. The van der Waals surface area contributed by atoms with Crippen molar-refractivity contribution >= 4 is 59.2 Å². The van der Waals surface area contributed by atoms with E-state index in [-0.39, 0.29) is 81.4 Å². The predicted molar refractivity (Wildman–Crippen MR) is 311 cm³/mol. The minimum atomic E-state index is -1.69. The number of amides is 7. The van der Waals surface area contributed by atoms with Crippen molar-refractivity contribution in [2.75, 3.05) is 6.54 Å². The maximum absolute atomic E-state index is 14.1. The first-order valence-electron chi connectivity index (χ1n) is 28.5. The van der Waals surface area contributed by atoms with Gasteiger partial charge in [0, 0.05) is 13.0 Å². The number of rotatable bonds is 37. The Morgan fingerprint density at radius 2 is 1.01 bits per heavy atom. The van der Waals surface area contributed by atoms with Crippen molar-refractivity contribution in [3.05, 3.63) is 81.9 Å². The zero-order chi connectivity index (χ0) is 63.2. The zero-order valence-electron chi connectivity index (χ0n) is 50.3. The fraction of sp³-hybridized carbons (Fsp3) is 0.621. The highest BCUT2D eigenvalue weighted by Crippen LogP contribution is 2.17. The van der Waals surface area contributed by atoms with Crippen LogP contribution in [0.25, 0.3) is 0 Å². The molecule has 0 aliphatic heterocycles. The molecule has 5 unspecified atom stereocenters. The molecule has 7 amide bonds. The molecule has 2 aromatic rings. The number of guanidine groups is 1. The minimum Gasteiger partial charge on any atom is -0.461 e. The van der Waals surface area contributed by atoms with Crippen LogP contribution in [0.1, 0.15) is 139 Å². The van der Waals surface area contributed by atoms with Gasteiger partial charge in [-0.2, -0.15) is 0 Å². The van der Waals surface area contributed by atoms with E-state index in [0.717, 1.165) is 0 Å². The average Bonchev–Trinajstić information content (AvgIpc) is 3.62. The second-order valence-corrected chi connectivity index (χ2v) is 22.8. The monoisotopic (exact) mass is 1180 g/mol. The molecule has 2 aromatic carbocycles. The highest BCUT2D eigenvalue weighted by Gasteiger charge is 2.35. The van der Waals surface area contributed by atoms with E-state index in [1.165, 1.54) is 6.92 Å². The van der Waals surface area contributed by atoms with E-state index in [2.05, 4.69) is 42.2 Å². The molecule has 0 radical (unpaired) electrons. The molecule has 84 heavy (non-hydrogen) atoms. The number of nitrogens with one attached hydrogen (secondary N) is 8. The number of hydrazine groups is 1. The molecule has 468 valence electrons. The molecule has 0 bridgehead atoms. The van der Waals surface area contributed by atoms with Gasteiger partial charge in [0.05, 0.1) is 43.6 Å². The average molecular weight is 1180 g/mol. The largest absolute Gasteiger partial charge is 0.461 e. The van der Waals surface area contributed by atoms with Gasteiger partial charge in [-0.3, -0.25) is 38.4 Å². The van der Waals surface area contributed by atoms with Crippen molar-refractivity contribution < 1.29 is 67.9 Å². The Morgan fingerprint density at radius 1 is 0.548 bits per heavy atom. The third kappa shape index (κ3) is 29.0. The van der Waals surface area contributed by atoms with Gasteiger partial charge in [-0.1, -0.05) is 135 Å². The number of aliphatic hydroxyl groups is 2. The lowest BCUT2D eigenvalue weighted by atomic mass is 9.95. The number of nitrogens with zero attached hydrogens (tertiary/aromatic N) is 2. The van der Waals surface area contributed by atoms with E-state index >= 15 is 0 Å². The third-order valence-corrected chi connectivity index (χ3v) is 12.9. The number of carbonyl (C=O) groups is 9. The second kappa shape index (κ2) is 37.5. The van der Waals surface area contributed by atoms with Crippen LogP contribution in [-0.4, -0.2) is 136 Å². The Bertz CT molecular complexity index is 2480. The zero-order valence-corrected chi connectivity index (χ0v) is 50.3. The lowest BCUT2D eigenvalue weighted by Crippen LogP contribution is -2.59. The summed E-state index contributed by atoms with van der Waals surface area (Å²) in [7, 11) is 0. The van der Waals surface area contributed by atoms with Gasteiger partial charge in [0.25, 0.3) is 5.96 Å². The molecule has 0 saturated carbocycles. The number of hydrogen-bond donors (Lipinski definition) is 11. The molecule has 26 heteroatoms. The Morgan fingerprint density at radius 3 is 1.50 bits per heavy atom. The van der Waals surface area contributed by atoms with Crippen LogP contribution in [0.2, 0.25) is 0 Å². The summed E-state index contributed by atoms with van der Waals surface area (Å²) in [6.45, 7) is 18.9. The van der Waals surface area contributed by atoms with Crippen LogP contribution >= 0.6 is 0 Å². The summed E-state index contributed by atoms with van der Waals surface area (Å²) in [5.41, 5.74) is 8.48. The summed E-state index contributed by atoms with van der Waals surface area (Å²) < 4.78 is 10.9. The van der Waals surface area contributed by atoms with E-state index in [1.54, 1.807) is 108 Å². The Labute approximate surface area is 492 Å². The van der Waals surface area contributed by atoms with Gasteiger partial charge in [-0.25, -0.2) is 19.9 Å². The quantitative estimate of drug-likeness (QED) is 0.0115.